The van der Waals surface area contributed by atoms with Crippen LogP contribution in [0, 0.1) is 13.8 Å². The Hall–Kier alpha value is -1.02. The van der Waals surface area contributed by atoms with Crippen molar-refractivity contribution < 1.29 is 4.74 Å². The normalized spacial score (nSPS) is 12.4. The SMILES string of the molecule is CCCCCCCNCC(C)Oc1c(C)cccc1C. The van der Waals surface area contributed by atoms with Crippen LogP contribution in [0.1, 0.15) is 57.1 Å². The van der Waals surface area contributed by atoms with Gasteiger partial charge in [0.05, 0.1) is 0 Å². The van der Waals surface area contributed by atoms with E-state index in [0.29, 0.717) is 0 Å². The van der Waals surface area contributed by atoms with Gasteiger partial charge in [0.1, 0.15) is 11.9 Å². The lowest BCUT2D eigenvalue weighted by Crippen LogP contribution is -2.30. The molecule has 0 fully saturated rings. The molecular weight excluding hydrogens is 246 g/mol. The van der Waals surface area contributed by atoms with Gasteiger partial charge in [0, 0.05) is 6.54 Å². The molecule has 0 saturated carbocycles. The van der Waals surface area contributed by atoms with E-state index in [1.54, 1.807) is 0 Å². The molecule has 1 aromatic rings. The average molecular weight is 277 g/mol. The minimum atomic E-state index is 0.213. The first-order valence-electron chi connectivity index (χ1n) is 8.08. The van der Waals surface area contributed by atoms with Crippen molar-refractivity contribution in [3.63, 3.8) is 0 Å². The summed E-state index contributed by atoms with van der Waals surface area (Å²) in [6, 6.07) is 6.29. The van der Waals surface area contributed by atoms with Crippen LogP contribution in [0.15, 0.2) is 18.2 Å². The molecule has 1 unspecified atom stereocenters. The van der Waals surface area contributed by atoms with E-state index in [2.05, 4.69) is 51.2 Å². The van der Waals surface area contributed by atoms with E-state index < -0.39 is 0 Å². The first-order chi connectivity index (χ1) is 9.65. The lowest BCUT2D eigenvalue weighted by atomic mass is 10.1. The maximum absolute atomic E-state index is 6.06. The first-order valence-corrected chi connectivity index (χ1v) is 8.08. The highest BCUT2D eigenvalue weighted by molar-refractivity contribution is 5.39. The molecule has 114 valence electrons. The van der Waals surface area contributed by atoms with Crippen molar-refractivity contribution in [2.24, 2.45) is 0 Å². The van der Waals surface area contributed by atoms with E-state index in [-0.39, 0.29) is 6.10 Å². The summed E-state index contributed by atoms with van der Waals surface area (Å²) in [6.07, 6.45) is 6.88. The Kier molecular flexibility index (Phi) is 8.36. The Morgan fingerprint density at radius 2 is 1.70 bits per heavy atom. The molecule has 0 aliphatic heterocycles. The molecule has 2 nitrogen and oxygen atoms in total. The van der Waals surface area contributed by atoms with E-state index in [9.17, 15) is 0 Å². The second-order valence-corrected chi connectivity index (χ2v) is 5.77. The Morgan fingerprint density at radius 3 is 2.35 bits per heavy atom. The molecule has 0 radical (unpaired) electrons. The molecular formula is C18H31NO. The molecule has 2 heteroatoms. The van der Waals surface area contributed by atoms with Gasteiger partial charge >= 0.3 is 0 Å². The van der Waals surface area contributed by atoms with Crippen LogP contribution in [0.25, 0.3) is 0 Å². The van der Waals surface area contributed by atoms with Gasteiger partial charge in [-0.25, -0.2) is 0 Å². The third kappa shape index (κ3) is 6.42. The third-order valence-corrected chi connectivity index (χ3v) is 3.62. The maximum atomic E-state index is 6.06. The Balaban J connectivity index is 2.19. The number of aryl methyl sites for hydroxylation is 2. The highest BCUT2D eigenvalue weighted by Crippen LogP contribution is 2.23. The number of nitrogens with one attached hydrogen (secondary N) is 1. The van der Waals surface area contributed by atoms with Gasteiger partial charge in [-0.1, -0.05) is 50.8 Å². The summed E-state index contributed by atoms with van der Waals surface area (Å²) >= 11 is 0. The molecule has 1 atom stereocenters. The van der Waals surface area contributed by atoms with Gasteiger partial charge in [0.2, 0.25) is 0 Å². The highest BCUT2D eigenvalue weighted by atomic mass is 16.5. The number of hydrogen-bond acceptors (Lipinski definition) is 2. The quantitative estimate of drug-likeness (QED) is 0.630. The summed E-state index contributed by atoms with van der Waals surface area (Å²) < 4.78 is 6.06. The molecule has 0 aliphatic rings. The zero-order valence-electron chi connectivity index (χ0n) is 13.7. The van der Waals surface area contributed by atoms with Gasteiger partial charge < -0.3 is 10.1 Å². The van der Waals surface area contributed by atoms with Gasteiger partial charge in [-0.05, 0) is 44.9 Å². The van der Waals surface area contributed by atoms with Crippen molar-refractivity contribution in [3.05, 3.63) is 29.3 Å². The van der Waals surface area contributed by atoms with E-state index in [4.69, 9.17) is 4.74 Å². The summed E-state index contributed by atoms with van der Waals surface area (Å²) in [5.41, 5.74) is 2.44. The molecule has 1 rings (SSSR count). The molecule has 0 heterocycles. The number of rotatable bonds is 10. The predicted molar refractivity (Wildman–Crippen MR) is 87.6 cm³/mol. The van der Waals surface area contributed by atoms with Crippen LogP contribution in [-0.4, -0.2) is 19.2 Å². The van der Waals surface area contributed by atoms with E-state index in [0.717, 1.165) is 18.8 Å². The molecule has 0 saturated heterocycles. The van der Waals surface area contributed by atoms with Gasteiger partial charge in [-0.3, -0.25) is 0 Å². The zero-order valence-corrected chi connectivity index (χ0v) is 13.7. The zero-order chi connectivity index (χ0) is 14.8. The lowest BCUT2D eigenvalue weighted by molar-refractivity contribution is 0.214. The molecule has 0 aromatic heterocycles. The average Bonchev–Trinajstić information content (AvgIpc) is 2.42. The standard InChI is InChI=1S/C18H31NO/c1-5-6-7-8-9-13-19-14-17(4)20-18-15(2)11-10-12-16(18)3/h10-12,17,19H,5-9,13-14H2,1-4H3. The smallest absolute Gasteiger partial charge is 0.125 e. The van der Waals surface area contributed by atoms with Crippen molar-refractivity contribution in [1.82, 2.24) is 5.32 Å². The lowest BCUT2D eigenvalue weighted by Gasteiger charge is -2.18. The fraction of sp³-hybridized carbons (Fsp3) is 0.667. The minimum absolute atomic E-state index is 0.213. The first kappa shape index (κ1) is 17.0. The molecule has 1 N–H and O–H groups in total. The summed E-state index contributed by atoms with van der Waals surface area (Å²) in [5.74, 6) is 1.05. The number of hydrogen-bond donors (Lipinski definition) is 1. The maximum Gasteiger partial charge on any atom is 0.125 e. The fourth-order valence-electron chi connectivity index (χ4n) is 2.39. The van der Waals surface area contributed by atoms with Crippen molar-refractivity contribution in [3.8, 4) is 5.75 Å². The molecule has 0 aliphatic carbocycles. The van der Waals surface area contributed by atoms with Crippen molar-refractivity contribution >= 4 is 0 Å². The number of para-hydroxylation sites is 1. The minimum Gasteiger partial charge on any atom is -0.489 e. The second kappa shape index (κ2) is 9.82. The van der Waals surface area contributed by atoms with Crippen LogP contribution >= 0.6 is 0 Å². The van der Waals surface area contributed by atoms with E-state index in [1.807, 2.05) is 0 Å². The van der Waals surface area contributed by atoms with Gasteiger partial charge in [0.15, 0.2) is 0 Å². The van der Waals surface area contributed by atoms with Gasteiger partial charge in [-0.15, -0.1) is 0 Å². The van der Waals surface area contributed by atoms with Crippen LogP contribution in [-0.2, 0) is 0 Å². The second-order valence-electron chi connectivity index (χ2n) is 5.77. The molecule has 0 spiro atoms. The van der Waals surface area contributed by atoms with Crippen LogP contribution in [0.2, 0.25) is 0 Å². The van der Waals surface area contributed by atoms with Crippen molar-refractivity contribution in [2.45, 2.75) is 65.9 Å². The summed E-state index contributed by atoms with van der Waals surface area (Å²) in [6.45, 7) is 10.6. The summed E-state index contributed by atoms with van der Waals surface area (Å²) in [4.78, 5) is 0. The Labute approximate surface area is 124 Å². The summed E-state index contributed by atoms with van der Waals surface area (Å²) in [7, 11) is 0. The number of unbranched alkanes of at least 4 members (excludes halogenated alkanes) is 4. The van der Waals surface area contributed by atoms with E-state index in [1.165, 1.54) is 43.2 Å². The molecule has 0 bridgehead atoms. The van der Waals surface area contributed by atoms with E-state index >= 15 is 0 Å². The van der Waals surface area contributed by atoms with Crippen LogP contribution < -0.4 is 10.1 Å². The molecule has 0 amide bonds. The molecule has 20 heavy (non-hydrogen) atoms. The summed E-state index contributed by atoms with van der Waals surface area (Å²) in [5, 5.41) is 3.50. The Morgan fingerprint density at radius 1 is 1.05 bits per heavy atom. The number of benzene rings is 1. The predicted octanol–water partition coefficient (Wildman–Crippen LogP) is 4.63. The monoisotopic (exact) mass is 277 g/mol. The van der Waals surface area contributed by atoms with Crippen LogP contribution in [0.5, 0.6) is 5.75 Å². The fourth-order valence-corrected chi connectivity index (χ4v) is 2.39. The van der Waals surface area contributed by atoms with Gasteiger partial charge in [0.25, 0.3) is 0 Å². The van der Waals surface area contributed by atoms with Crippen molar-refractivity contribution in [2.75, 3.05) is 13.1 Å². The van der Waals surface area contributed by atoms with Crippen LogP contribution in [0.4, 0.5) is 0 Å². The largest absolute Gasteiger partial charge is 0.489 e. The van der Waals surface area contributed by atoms with Crippen LogP contribution in [0.3, 0.4) is 0 Å². The molecule has 1 aromatic carbocycles. The topological polar surface area (TPSA) is 21.3 Å². The Bertz CT molecular complexity index is 355. The van der Waals surface area contributed by atoms with Gasteiger partial charge in [-0.2, -0.15) is 0 Å². The third-order valence-electron chi connectivity index (χ3n) is 3.62. The highest BCUT2D eigenvalue weighted by Gasteiger charge is 2.08. The van der Waals surface area contributed by atoms with Crippen molar-refractivity contribution in [1.29, 1.82) is 0 Å². The number of ether oxygens (including phenoxy) is 1.